The van der Waals surface area contributed by atoms with E-state index in [1.165, 1.54) is 0 Å². The number of aromatic hydroxyl groups is 1. The molecule has 1 saturated carbocycles. The van der Waals surface area contributed by atoms with Gasteiger partial charge < -0.3 is 10.0 Å². The second-order valence-corrected chi connectivity index (χ2v) is 14.0. The standard InChI is InChI=1S/C26H34Cl2N2O2S/c1-24(2,3)17-11-16(12-18(21(17)31)25(4,5)6)20-14-33-22(29-20)15-7-9-30(10-8-15)23(32)19-13-26(19,27)28/h11-12,14-15,19,31H,7-10,13H2,1-6H3. The number of benzene rings is 1. The van der Waals surface area contributed by atoms with E-state index in [9.17, 15) is 9.90 Å². The third kappa shape index (κ3) is 5.06. The van der Waals surface area contributed by atoms with E-state index in [2.05, 4.69) is 59.1 Å². The summed E-state index contributed by atoms with van der Waals surface area (Å²) in [5.41, 5.74) is 3.54. The summed E-state index contributed by atoms with van der Waals surface area (Å²) in [5.74, 6) is 0.587. The Kier molecular flexibility index (Phi) is 6.33. The molecular weight excluding hydrogens is 475 g/mol. The Balaban J connectivity index is 1.54. The second-order valence-electron chi connectivity index (χ2n) is 11.6. The van der Waals surface area contributed by atoms with Gasteiger partial charge in [0.25, 0.3) is 0 Å². The summed E-state index contributed by atoms with van der Waals surface area (Å²) in [7, 11) is 0. The minimum atomic E-state index is -0.861. The molecule has 1 saturated heterocycles. The molecule has 1 atom stereocenters. The minimum Gasteiger partial charge on any atom is -0.507 e. The van der Waals surface area contributed by atoms with E-state index in [1.807, 2.05) is 4.90 Å². The Morgan fingerprint density at radius 3 is 2.06 bits per heavy atom. The number of hydrogen-bond donors (Lipinski definition) is 1. The number of carbonyl (C=O) groups excluding carboxylic acids is 1. The molecule has 1 aromatic carbocycles. The molecule has 33 heavy (non-hydrogen) atoms. The fraction of sp³-hybridized carbons (Fsp3) is 0.615. The van der Waals surface area contributed by atoms with Crippen LogP contribution >= 0.6 is 34.5 Å². The van der Waals surface area contributed by atoms with E-state index in [4.69, 9.17) is 28.2 Å². The zero-order valence-corrected chi connectivity index (χ0v) is 22.7. The molecule has 180 valence electrons. The Morgan fingerprint density at radius 2 is 1.61 bits per heavy atom. The number of nitrogens with zero attached hydrogens (tertiary/aromatic N) is 2. The van der Waals surface area contributed by atoms with Crippen molar-refractivity contribution < 1.29 is 9.90 Å². The lowest BCUT2D eigenvalue weighted by atomic mass is 9.78. The van der Waals surface area contributed by atoms with E-state index in [0.29, 0.717) is 18.1 Å². The maximum Gasteiger partial charge on any atom is 0.228 e. The molecule has 2 aromatic rings. The highest BCUT2D eigenvalue weighted by Gasteiger charge is 2.57. The van der Waals surface area contributed by atoms with Crippen LogP contribution in [0.25, 0.3) is 11.3 Å². The normalized spacial score (nSPS) is 21.3. The zero-order valence-electron chi connectivity index (χ0n) is 20.3. The van der Waals surface area contributed by atoms with Gasteiger partial charge in [0.1, 0.15) is 10.1 Å². The average molecular weight is 510 g/mol. The molecule has 7 heteroatoms. The van der Waals surface area contributed by atoms with Crippen LogP contribution in [-0.4, -0.2) is 38.3 Å². The van der Waals surface area contributed by atoms with Gasteiger partial charge in [-0.25, -0.2) is 4.98 Å². The number of piperidine rings is 1. The van der Waals surface area contributed by atoms with Crippen molar-refractivity contribution in [1.82, 2.24) is 9.88 Å². The molecule has 2 aliphatic rings. The van der Waals surface area contributed by atoms with Gasteiger partial charge in [-0.05, 0) is 42.2 Å². The highest BCUT2D eigenvalue weighted by molar-refractivity contribution is 7.10. The topological polar surface area (TPSA) is 53.4 Å². The van der Waals surface area contributed by atoms with Crippen molar-refractivity contribution in [3.8, 4) is 17.0 Å². The highest BCUT2D eigenvalue weighted by Crippen LogP contribution is 2.54. The van der Waals surface area contributed by atoms with Crippen LogP contribution in [0.3, 0.4) is 0 Å². The van der Waals surface area contributed by atoms with Gasteiger partial charge in [0.15, 0.2) is 0 Å². The minimum absolute atomic E-state index is 0.0896. The Bertz CT molecular complexity index is 1020. The second kappa shape index (κ2) is 8.42. The van der Waals surface area contributed by atoms with Crippen LogP contribution in [0.5, 0.6) is 5.75 Å². The predicted octanol–water partition coefficient (Wildman–Crippen LogP) is 7.01. The molecule has 2 heterocycles. The van der Waals surface area contributed by atoms with Gasteiger partial charge in [-0.2, -0.15) is 0 Å². The maximum absolute atomic E-state index is 12.6. The molecule has 0 radical (unpaired) electrons. The first kappa shape index (κ1) is 24.8. The maximum atomic E-state index is 12.6. The van der Waals surface area contributed by atoms with Crippen molar-refractivity contribution in [3.63, 3.8) is 0 Å². The summed E-state index contributed by atoms with van der Waals surface area (Å²) in [5, 5.41) is 14.3. The van der Waals surface area contributed by atoms with Crippen molar-refractivity contribution in [2.24, 2.45) is 5.92 Å². The summed E-state index contributed by atoms with van der Waals surface area (Å²) in [6.45, 7) is 14.2. The number of rotatable bonds is 3. The van der Waals surface area contributed by atoms with E-state index in [0.717, 1.165) is 53.3 Å². The number of likely N-dealkylation sites (tertiary alicyclic amines) is 1. The number of hydrogen-bond acceptors (Lipinski definition) is 4. The van der Waals surface area contributed by atoms with Gasteiger partial charge >= 0.3 is 0 Å². The number of thiazole rings is 1. The van der Waals surface area contributed by atoms with Crippen molar-refractivity contribution in [3.05, 3.63) is 33.6 Å². The summed E-state index contributed by atoms with van der Waals surface area (Å²) >= 11 is 13.9. The third-order valence-corrected chi connectivity index (χ3v) is 8.67. The van der Waals surface area contributed by atoms with Crippen LogP contribution in [0, 0.1) is 5.92 Å². The van der Waals surface area contributed by atoms with Crippen molar-refractivity contribution >= 4 is 40.4 Å². The Hall–Kier alpha value is -1.30. The van der Waals surface area contributed by atoms with Crippen molar-refractivity contribution in [1.29, 1.82) is 0 Å². The molecule has 1 aromatic heterocycles. The lowest BCUT2D eigenvalue weighted by Gasteiger charge is -2.31. The monoisotopic (exact) mass is 508 g/mol. The molecular formula is C26H34Cl2N2O2S. The van der Waals surface area contributed by atoms with Gasteiger partial charge in [0.05, 0.1) is 16.6 Å². The zero-order chi connectivity index (χ0) is 24.3. The molecule has 4 nitrogen and oxygen atoms in total. The van der Waals surface area contributed by atoms with Crippen LogP contribution in [0.15, 0.2) is 17.5 Å². The molecule has 1 amide bonds. The number of phenols is 1. The molecule has 1 aliphatic heterocycles. The van der Waals surface area contributed by atoms with E-state index in [-0.39, 0.29) is 22.7 Å². The lowest BCUT2D eigenvalue weighted by molar-refractivity contribution is -0.133. The smallest absolute Gasteiger partial charge is 0.228 e. The van der Waals surface area contributed by atoms with Gasteiger partial charge in [0, 0.05) is 41.1 Å². The molecule has 4 rings (SSSR count). The predicted molar refractivity (Wildman–Crippen MR) is 138 cm³/mol. The molecule has 0 bridgehead atoms. The van der Waals surface area contributed by atoms with Crippen LogP contribution < -0.4 is 0 Å². The first-order chi connectivity index (χ1) is 15.2. The Morgan fingerprint density at radius 1 is 1.09 bits per heavy atom. The molecule has 1 unspecified atom stereocenters. The number of carbonyl (C=O) groups is 1. The van der Waals surface area contributed by atoms with E-state index >= 15 is 0 Å². The van der Waals surface area contributed by atoms with Gasteiger partial charge in [-0.15, -0.1) is 34.5 Å². The van der Waals surface area contributed by atoms with Gasteiger partial charge in [0.2, 0.25) is 5.91 Å². The van der Waals surface area contributed by atoms with Crippen LogP contribution in [-0.2, 0) is 15.6 Å². The molecule has 1 N–H and O–H groups in total. The lowest BCUT2D eigenvalue weighted by Crippen LogP contribution is -2.39. The number of alkyl halides is 2. The third-order valence-electron chi connectivity index (χ3n) is 6.82. The fourth-order valence-electron chi connectivity index (χ4n) is 4.58. The Labute approximate surface area is 211 Å². The molecule has 1 aliphatic carbocycles. The van der Waals surface area contributed by atoms with Gasteiger partial charge in [-0.1, -0.05) is 41.5 Å². The summed E-state index contributed by atoms with van der Waals surface area (Å²) in [6, 6.07) is 4.18. The largest absolute Gasteiger partial charge is 0.507 e. The summed E-state index contributed by atoms with van der Waals surface area (Å²) in [4.78, 5) is 19.5. The summed E-state index contributed by atoms with van der Waals surface area (Å²) in [6.07, 6.45) is 2.36. The van der Waals surface area contributed by atoms with Crippen molar-refractivity contribution in [2.45, 2.75) is 81.9 Å². The fourth-order valence-corrected chi connectivity index (χ4v) is 6.08. The van der Waals surface area contributed by atoms with Gasteiger partial charge in [-0.3, -0.25) is 4.79 Å². The first-order valence-corrected chi connectivity index (χ1v) is 13.3. The SMILES string of the molecule is CC(C)(C)c1cc(-c2csc(C3CCN(C(=O)C4CC4(Cl)Cl)CC3)n2)cc(C(C)(C)C)c1O. The van der Waals surface area contributed by atoms with Crippen molar-refractivity contribution in [2.75, 3.05) is 13.1 Å². The number of aromatic nitrogens is 1. The van der Waals surface area contributed by atoms with Crippen LogP contribution in [0.4, 0.5) is 0 Å². The number of phenolic OH excluding ortho intramolecular Hbond substituents is 1. The number of amides is 1. The first-order valence-electron chi connectivity index (χ1n) is 11.7. The average Bonchev–Trinajstić information content (AvgIpc) is 3.11. The quantitative estimate of drug-likeness (QED) is 0.453. The molecule has 2 fully saturated rings. The van der Waals surface area contributed by atoms with E-state index < -0.39 is 4.33 Å². The number of halogens is 2. The van der Waals surface area contributed by atoms with Crippen LogP contribution in [0.1, 0.15) is 82.9 Å². The molecule has 0 spiro atoms. The van der Waals surface area contributed by atoms with Crippen LogP contribution in [0.2, 0.25) is 0 Å². The highest BCUT2D eigenvalue weighted by atomic mass is 35.5. The summed E-state index contributed by atoms with van der Waals surface area (Å²) < 4.78 is -0.861. The van der Waals surface area contributed by atoms with E-state index in [1.54, 1.807) is 11.3 Å².